The van der Waals surface area contributed by atoms with Crippen LogP contribution in [0.25, 0.3) is 0 Å². The highest BCUT2D eigenvalue weighted by atomic mass is 16.3. The number of quaternary nitrogens is 1. The van der Waals surface area contributed by atoms with E-state index in [0.29, 0.717) is 0 Å². The first kappa shape index (κ1) is 14.8. The SMILES string of the molecule is C[C@H](CCCC(C)(C)O)[NH2+]C1C2CC3CC(C2)CC1C3. The first-order chi connectivity index (χ1) is 9.40. The van der Waals surface area contributed by atoms with Crippen LogP contribution in [0, 0.1) is 23.7 Å². The lowest BCUT2D eigenvalue weighted by Crippen LogP contribution is -2.98. The van der Waals surface area contributed by atoms with E-state index in [4.69, 9.17) is 0 Å². The Balaban J connectivity index is 1.46. The molecule has 1 atom stereocenters. The minimum absolute atomic E-state index is 0.484. The van der Waals surface area contributed by atoms with Crippen LogP contribution >= 0.6 is 0 Å². The fraction of sp³-hybridized carbons (Fsp3) is 1.00. The molecule has 0 amide bonds. The van der Waals surface area contributed by atoms with Crippen LogP contribution in [0.3, 0.4) is 0 Å². The van der Waals surface area contributed by atoms with Gasteiger partial charge in [0.15, 0.2) is 0 Å². The van der Waals surface area contributed by atoms with Gasteiger partial charge in [-0.3, -0.25) is 0 Å². The third-order valence-corrected chi connectivity index (χ3v) is 6.30. The fourth-order valence-electron chi connectivity index (χ4n) is 5.61. The summed E-state index contributed by atoms with van der Waals surface area (Å²) < 4.78 is 0. The molecule has 0 saturated heterocycles. The van der Waals surface area contributed by atoms with Crippen molar-refractivity contribution in [2.45, 2.75) is 89.8 Å². The largest absolute Gasteiger partial charge is 0.390 e. The van der Waals surface area contributed by atoms with E-state index in [1.807, 2.05) is 13.8 Å². The third kappa shape index (κ3) is 3.39. The van der Waals surface area contributed by atoms with Gasteiger partial charge >= 0.3 is 0 Å². The highest BCUT2D eigenvalue weighted by Gasteiger charge is 2.50. The lowest BCUT2D eigenvalue weighted by Gasteiger charge is -2.53. The van der Waals surface area contributed by atoms with Crippen LogP contribution in [0.5, 0.6) is 0 Å². The van der Waals surface area contributed by atoms with Gasteiger partial charge in [-0.1, -0.05) is 0 Å². The van der Waals surface area contributed by atoms with Gasteiger partial charge in [0.05, 0.1) is 17.7 Å². The van der Waals surface area contributed by atoms with Gasteiger partial charge in [0, 0.05) is 11.8 Å². The summed E-state index contributed by atoms with van der Waals surface area (Å²) in [6.07, 6.45) is 11.0. The monoisotopic (exact) mass is 280 g/mol. The van der Waals surface area contributed by atoms with Gasteiger partial charge in [-0.15, -0.1) is 0 Å². The number of hydrogen-bond donors (Lipinski definition) is 2. The molecule has 2 heteroatoms. The van der Waals surface area contributed by atoms with Crippen molar-refractivity contribution < 1.29 is 10.4 Å². The molecule has 0 aromatic heterocycles. The van der Waals surface area contributed by atoms with Crippen LogP contribution < -0.4 is 5.32 Å². The lowest BCUT2D eigenvalue weighted by molar-refractivity contribution is -0.736. The van der Waals surface area contributed by atoms with Gasteiger partial charge in [0.2, 0.25) is 0 Å². The fourth-order valence-corrected chi connectivity index (χ4v) is 5.61. The van der Waals surface area contributed by atoms with E-state index in [2.05, 4.69) is 12.2 Å². The molecule has 0 heterocycles. The molecule has 0 unspecified atom stereocenters. The van der Waals surface area contributed by atoms with E-state index < -0.39 is 5.60 Å². The van der Waals surface area contributed by atoms with Gasteiger partial charge < -0.3 is 10.4 Å². The third-order valence-electron chi connectivity index (χ3n) is 6.30. The Morgan fingerprint density at radius 2 is 1.60 bits per heavy atom. The maximum absolute atomic E-state index is 9.81. The van der Waals surface area contributed by atoms with Gasteiger partial charge in [-0.2, -0.15) is 0 Å². The van der Waals surface area contributed by atoms with E-state index in [1.54, 1.807) is 6.42 Å². The molecular formula is C18H34NO+. The molecule has 20 heavy (non-hydrogen) atoms. The van der Waals surface area contributed by atoms with Crippen LogP contribution in [0.4, 0.5) is 0 Å². The van der Waals surface area contributed by atoms with Crippen molar-refractivity contribution in [1.29, 1.82) is 0 Å². The maximum atomic E-state index is 9.81. The van der Waals surface area contributed by atoms with Gasteiger partial charge in [0.1, 0.15) is 0 Å². The average Bonchev–Trinajstić information content (AvgIpc) is 2.31. The zero-order valence-electron chi connectivity index (χ0n) is 13.6. The first-order valence-electron chi connectivity index (χ1n) is 8.98. The number of aliphatic hydroxyl groups is 1. The Labute approximate surface area is 124 Å². The quantitative estimate of drug-likeness (QED) is 0.771. The standard InChI is InChI=1S/C18H33NO/c1-12(5-4-6-18(2,3)20)19-17-15-8-13-7-14(10-15)11-16(17)9-13/h12-17,19-20H,4-11H2,1-3H3/p+1/t12-,13?,14?,15?,16?,17?/m1/s1. The summed E-state index contributed by atoms with van der Waals surface area (Å²) in [5.74, 6) is 4.24. The Bertz CT molecular complexity index is 305. The van der Waals surface area contributed by atoms with Crippen LogP contribution in [0.15, 0.2) is 0 Å². The van der Waals surface area contributed by atoms with Crippen LogP contribution in [0.1, 0.15) is 72.1 Å². The molecule has 4 aliphatic carbocycles. The van der Waals surface area contributed by atoms with E-state index in [9.17, 15) is 5.11 Å². The molecule has 0 radical (unpaired) electrons. The second-order valence-electron chi connectivity index (χ2n) is 8.88. The van der Waals surface area contributed by atoms with Crippen molar-refractivity contribution in [3.05, 3.63) is 0 Å². The maximum Gasteiger partial charge on any atom is 0.0918 e. The Morgan fingerprint density at radius 3 is 2.10 bits per heavy atom. The zero-order chi connectivity index (χ0) is 14.3. The number of rotatable bonds is 6. The first-order valence-corrected chi connectivity index (χ1v) is 8.98. The minimum Gasteiger partial charge on any atom is -0.390 e. The molecule has 4 rings (SSSR count). The van der Waals surface area contributed by atoms with Crippen LogP contribution in [0.2, 0.25) is 0 Å². The molecule has 0 aromatic carbocycles. The van der Waals surface area contributed by atoms with Crippen molar-refractivity contribution in [2.75, 3.05) is 0 Å². The summed E-state index contributed by atoms with van der Waals surface area (Å²) in [5, 5.41) is 12.5. The smallest absolute Gasteiger partial charge is 0.0918 e. The van der Waals surface area contributed by atoms with E-state index in [-0.39, 0.29) is 0 Å². The molecule has 0 aromatic rings. The van der Waals surface area contributed by atoms with Gasteiger partial charge in [0.25, 0.3) is 0 Å². The van der Waals surface area contributed by atoms with Crippen molar-refractivity contribution >= 4 is 0 Å². The van der Waals surface area contributed by atoms with Crippen LogP contribution in [-0.2, 0) is 0 Å². The average molecular weight is 280 g/mol. The summed E-state index contributed by atoms with van der Waals surface area (Å²) in [7, 11) is 0. The molecule has 4 aliphatic rings. The second-order valence-corrected chi connectivity index (χ2v) is 8.88. The second kappa shape index (κ2) is 5.61. The lowest BCUT2D eigenvalue weighted by atomic mass is 9.54. The molecule has 3 N–H and O–H groups in total. The van der Waals surface area contributed by atoms with E-state index >= 15 is 0 Å². The van der Waals surface area contributed by atoms with E-state index in [0.717, 1.165) is 48.6 Å². The minimum atomic E-state index is -0.484. The molecule has 116 valence electrons. The van der Waals surface area contributed by atoms with Gasteiger partial charge in [-0.25, -0.2) is 0 Å². The van der Waals surface area contributed by atoms with Crippen molar-refractivity contribution in [3.63, 3.8) is 0 Å². The molecule has 0 aliphatic heterocycles. The Hall–Kier alpha value is -0.0800. The topological polar surface area (TPSA) is 36.8 Å². The van der Waals surface area contributed by atoms with Crippen LogP contribution in [-0.4, -0.2) is 22.8 Å². The van der Waals surface area contributed by atoms with Crippen molar-refractivity contribution in [3.8, 4) is 0 Å². The normalized spacial score (nSPS) is 41.1. The molecule has 4 fully saturated rings. The Kier molecular flexibility index (Phi) is 4.16. The van der Waals surface area contributed by atoms with E-state index in [1.165, 1.54) is 32.1 Å². The number of nitrogens with two attached hydrogens (primary N) is 1. The highest BCUT2D eigenvalue weighted by Crippen LogP contribution is 2.52. The molecular weight excluding hydrogens is 246 g/mol. The zero-order valence-corrected chi connectivity index (χ0v) is 13.6. The van der Waals surface area contributed by atoms with Gasteiger partial charge in [-0.05, 0) is 84.0 Å². The van der Waals surface area contributed by atoms with Crippen molar-refractivity contribution in [1.82, 2.24) is 0 Å². The highest BCUT2D eigenvalue weighted by molar-refractivity contribution is 4.98. The number of hydrogen-bond acceptors (Lipinski definition) is 1. The molecule has 2 nitrogen and oxygen atoms in total. The molecule has 4 saturated carbocycles. The summed E-state index contributed by atoms with van der Waals surface area (Å²) in [4.78, 5) is 0. The summed E-state index contributed by atoms with van der Waals surface area (Å²) >= 11 is 0. The summed E-state index contributed by atoms with van der Waals surface area (Å²) in [6, 6.07) is 1.67. The summed E-state index contributed by atoms with van der Waals surface area (Å²) in [5.41, 5.74) is -0.484. The summed E-state index contributed by atoms with van der Waals surface area (Å²) in [6.45, 7) is 6.26. The molecule has 0 spiro atoms. The Morgan fingerprint density at radius 1 is 1.05 bits per heavy atom. The molecule has 4 bridgehead atoms. The predicted molar refractivity (Wildman–Crippen MR) is 82.4 cm³/mol. The van der Waals surface area contributed by atoms with Crippen molar-refractivity contribution in [2.24, 2.45) is 23.7 Å². The predicted octanol–water partition coefficient (Wildman–Crippen LogP) is 2.70.